The highest BCUT2D eigenvalue weighted by molar-refractivity contribution is 7.13. The quantitative estimate of drug-likeness (QED) is 0.801. The molecule has 0 aliphatic carbocycles. The number of nitrogens with zero attached hydrogens (tertiary/aromatic N) is 3. The van der Waals surface area contributed by atoms with Crippen LogP contribution in [-0.2, 0) is 4.79 Å². The van der Waals surface area contributed by atoms with Gasteiger partial charge in [-0.2, -0.15) is 0 Å². The van der Waals surface area contributed by atoms with Gasteiger partial charge < -0.3 is 10.0 Å². The van der Waals surface area contributed by atoms with Crippen LogP contribution in [0.2, 0.25) is 0 Å². The van der Waals surface area contributed by atoms with Crippen molar-refractivity contribution in [1.29, 1.82) is 0 Å². The minimum atomic E-state index is -0.863. The average Bonchev–Trinajstić information content (AvgIpc) is 2.69. The number of aliphatic carboxylic acids is 1. The highest BCUT2D eigenvalue weighted by Gasteiger charge is 2.10. The summed E-state index contributed by atoms with van der Waals surface area (Å²) in [5.41, 5.74) is 1.51. The number of carbonyl (C=O) groups is 2. The Bertz CT molecular complexity index is 354. The van der Waals surface area contributed by atoms with Crippen molar-refractivity contribution in [1.82, 2.24) is 15.1 Å². The number of urea groups is 1. The van der Waals surface area contributed by atoms with E-state index in [1.54, 1.807) is 7.05 Å². The number of aromatic nitrogens is 2. The monoisotopic (exact) mass is 244 g/mol. The van der Waals surface area contributed by atoms with Crippen molar-refractivity contribution in [3.05, 3.63) is 5.51 Å². The first kappa shape index (κ1) is 12.4. The molecule has 8 heteroatoms. The summed E-state index contributed by atoms with van der Waals surface area (Å²) in [4.78, 5) is 23.2. The number of carbonyl (C=O) groups excluding carboxylic acids is 1. The molecule has 88 valence electrons. The Hall–Kier alpha value is -1.70. The van der Waals surface area contributed by atoms with E-state index in [2.05, 4.69) is 15.5 Å². The number of amides is 2. The van der Waals surface area contributed by atoms with E-state index in [1.165, 1.54) is 21.7 Å². The SMILES string of the molecule is CN(CCCC(=O)O)C(=O)Nc1nncs1. The van der Waals surface area contributed by atoms with Crippen molar-refractivity contribution < 1.29 is 14.7 Å². The van der Waals surface area contributed by atoms with Crippen LogP contribution in [0.5, 0.6) is 0 Å². The third-order valence-electron chi connectivity index (χ3n) is 1.80. The molecule has 16 heavy (non-hydrogen) atoms. The molecule has 0 aliphatic rings. The van der Waals surface area contributed by atoms with E-state index in [1.807, 2.05) is 0 Å². The second kappa shape index (κ2) is 6.01. The van der Waals surface area contributed by atoms with Gasteiger partial charge >= 0.3 is 12.0 Å². The number of carboxylic acids is 1. The molecule has 1 aromatic rings. The third kappa shape index (κ3) is 4.22. The van der Waals surface area contributed by atoms with Gasteiger partial charge in [0.2, 0.25) is 5.13 Å². The molecule has 2 N–H and O–H groups in total. The van der Waals surface area contributed by atoms with E-state index in [0.717, 1.165) is 0 Å². The van der Waals surface area contributed by atoms with Crippen molar-refractivity contribution in [2.75, 3.05) is 18.9 Å². The van der Waals surface area contributed by atoms with Gasteiger partial charge in [-0.25, -0.2) is 4.79 Å². The van der Waals surface area contributed by atoms with Crippen molar-refractivity contribution in [3.63, 3.8) is 0 Å². The Kier molecular flexibility index (Phi) is 4.65. The summed E-state index contributed by atoms with van der Waals surface area (Å²) in [6.45, 7) is 0.386. The lowest BCUT2D eigenvalue weighted by Crippen LogP contribution is -2.32. The Labute approximate surface area is 96.1 Å². The van der Waals surface area contributed by atoms with E-state index in [9.17, 15) is 9.59 Å². The molecule has 0 saturated carbocycles. The molecule has 0 saturated heterocycles. The summed E-state index contributed by atoms with van der Waals surface area (Å²) in [5, 5.41) is 18.6. The fourth-order valence-electron chi connectivity index (χ4n) is 0.983. The summed E-state index contributed by atoms with van der Waals surface area (Å²) in [5.74, 6) is -0.863. The number of rotatable bonds is 5. The molecule has 0 spiro atoms. The van der Waals surface area contributed by atoms with Crippen molar-refractivity contribution >= 4 is 28.5 Å². The molecular formula is C8H12N4O3S. The molecule has 0 atom stereocenters. The van der Waals surface area contributed by atoms with Crippen LogP contribution in [0.4, 0.5) is 9.93 Å². The van der Waals surface area contributed by atoms with E-state index < -0.39 is 5.97 Å². The van der Waals surface area contributed by atoms with E-state index >= 15 is 0 Å². The maximum absolute atomic E-state index is 11.5. The van der Waals surface area contributed by atoms with Crippen molar-refractivity contribution in [2.45, 2.75) is 12.8 Å². The second-order valence-electron chi connectivity index (χ2n) is 3.09. The molecule has 0 fully saturated rings. The van der Waals surface area contributed by atoms with Gasteiger partial charge in [0.1, 0.15) is 5.51 Å². The summed E-state index contributed by atoms with van der Waals surface area (Å²) >= 11 is 1.22. The summed E-state index contributed by atoms with van der Waals surface area (Å²) in [7, 11) is 1.60. The van der Waals surface area contributed by atoms with Gasteiger partial charge in [-0.15, -0.1) is 10.2 Å². The van der Waals surface area contributed by atoms with Gasteiger partial charge in [-0.3, -0.25) is 10.1 Å². The van der Waals surface area contributed by atoms with Crippen molar-refractivity contribution in [3.8, 4) is 0 Å². The summed E-state index contributed by atoms with van der Waals surface area (Å²) in [6, 6.07) is -0.317. The van der Waals surface area contributed by atoms with Gasteiger partial charge in [-0.1, -0.05) is 11.3 Å². The van der Waals surface area contributed by atoms with Gasteiger partial charge in [0.05, 0.1) is 0 Å². The number of carboxylic acid groups (broad SMARTS) is 1. The summed E-state index contributed by atoms with van der Waals surface area (Å²) in [6.07, 6.45) is 0.478. The highest BCUT2D eigenvalue weighted by atomic mass is 32.1. The molecule has 0 bridgehead atoms. The maximum Gasteiger partial charge on any atom is 0.323 e. The number of hydrogen-bond acceptors (Lipinski definition) is 5. The zero-order valence-corrected chi connectivity index (χ0v) is 9.53. The minimum Gasteiger partial charge on any atom is -0.481 e. The van der Waals surface area contributed by atoms with Crippen LogP contribution in [0.15, 0.2) is 5.51 Å². The molecule has 0 aliphatic heterocycles. The van der Waals surface area contributed by atoms with Gasteiger partial charge in [0, 0.05) is 20.0 Å². The van der Waals surface area contributed by atoms with Crippen LogP contribution < -0.4 is 5.32 Å². The number of hydrogen-bond donors (Lipinski definition) is 2. The van der Waals surface area contributed by atoms with Gasteiger partial charge in [-0.05, 0) is 6.42 Å². The predicted molar refractivity (Wildman–Crippen MR) is 58.4 cm³/mol. The number of nitrogens with one attached hydrogen (secondary N) is 1. The lowest BCUT2D eigenvalue weighted by atomic mass is 10.3. The van der Waals surface area contributed by atoms with Crippen molar-refractivity contribution in [2.24, 2.45) is 0 Å². The van der Waals surface area contributed by atoms with Crippen LogP contribution in [0.1, 0.15) is 12.8 Å². The first-order chi connectivity index (χ1) is 7.59. The van der Waals surface area contributed by atoms with E-state index in [4.69, 9.17) is 5.11 Å². The third-order valence-corrected chi connectivity index (χ3v) is 2.41. The van der Waals surface area contributed by atoms with E-state index in [-0.39, 0.29) is 12.5 Å². The Morgan fingerprint density at radius 2 is 2.38 bits per heavy atom. The Morgan fingerprint density at radius 1 is 1.62 bits per heavy atom. The smallest absolute Gasteiger partial charge is 0.323 e. The highest BCUT2D eigenvalue weighted by Crippen LogP contribution is 2.08. The largest absolute Gasteiger partial charge is 0.481 e. The predicted octanol–water partition coefficient (Wildman–Crippen LogP) is 0.867. The van der Waals surface area contributed by atoms with Crippen LogP contribution in [0.3, 0.4) is 0 Å². The fourth-order valence-corrected chi connectivity index (χ4v) is 1.42. The zero-order chi connectivity index (χ0) is 12.0. The maximum atomic E-state index is 11.5. The standard InChI is InChI=1S/C8H12N4O3S/c1-12(4-2-3-6(13)14)8(15)10-7-11-9-5-16-7/h5H,2-4H2,1H3,(H,13,14)(H,10,11,15). The fraction of sp³-hybridized carbons (Fsp3) is 0.500. The lowest BCUT2D eigenvalue weighted by Gasteiger charge is -2.15. The Balaban J connectivity index is 2.28. The molecule has 2 amide bonds. The second-order valence-corrected chi connectivity index (χ2v) is 3.93. The van der Waals surface area contributed by atoms with Gasteiger partial charge in [0.15, 0.2) is 0 Å². The molecule has 0 radical (unpaired) electrons. The molecular weight excluding hydrogens is 232 g/mol. The topological polar surface area (TPSA) is 95.4 Å². The lowest BCUT2D eigenvalue weighted by molar-refractivity contribution is -0.137. The van der Waals surface area contributed by atoms with E-state index in [0.29, 0.717) is 18.1 Å². The molecule has 1 heterocycles. The van der Waals surface area contributed by atoms with Gasteiger partial charge in [0.25, 0.3) is 0 Å². The van der Waals surface area contributed by atoms with Crippen LogP contribution in [0, 0.1) is 0 Å². The molecule has 0 unspecified atom stereocenters. The normalized spacial score (nSPS) is 9.81. The first-order valence-electron chi connectivity index (χ1n) is 4.59. The molecule has 0 aromatic carbocycles. The van der Waals surface area contributed by atoms with Crippen LogP contribution in [0.25, 0.3) is 0 Å². The molecule has 7 nitrogen and oxygen atoms in total. The minimum absolute atomic E-state index is 0.0520. The van der Waals surface area contributed by atoms with Crippen LogP contribution >= 0.6 is 11.3 Å². The Morgan fingerprint density at radius 3 is 2.94 bits per heavy atom. The zero-order valence-electron chi connectivity index (χ0n) is 8.71. The average molecular weight is 244 g/mol. The molecule has 1 aromatic heterocycles. The summed E-state index contributed by atoms with van der Waals surface area (Å²) < 4.78 is 0. The molecule has 1 rings (SSSR count). The number of anilines is 1. The first-order valence-corrected chi connectivity index (χ1v) is 5.47. The van der Waals surface area contributed by atoms with Crippen LogP contribution in [-0.4, -0.2) is 45.8 Å².